The van der Waals surface area contributed by atoms with Crippen molar-refractivity contribution in [1.82, 2.24) is 9.97 Å². The van der Waals surface area contributed by atoms with Gasteiger partial charge in [-0.2, -0.15) is 0 Å². The van der Waals surface area contributed by atoms with Crippen molar-refractivity contribution in [1.29, 1.82) is 0 Å². The topological polar surface area (TPSA) is 66.9 Å². The van der Waals surface area contributed by atoms with Crippen molar-refractivity contribution < 1.29 is 4.79 Å². The molecule has 0 unspecified atom stereocenters. The molecule has 1 heterocycles. The predicted molar refractivity (Wildman–Crippen MR) is 108 cm³/mol. The summed E-state index contributed by atoms with van der Waals surface area (Å²) in [6.45, 7) is 13.3. The van der Waals surface area contributed by atoms with E-state index < -0.39 is 0 Å². The fourth-order valence-corrected chi connectivity index (χ4v) is 2.87. The molecule has 5 nitrogen and oxygen atoms in total. The molecule has 140 valence electrons. The van der Waals surface area contributed by atoms with Gasteiger partial charge in [0.25, 0.3) is 5.91 Å². The first-order valence-corrected chi connectivity index (χ1v) is 9.37. The summed E-state index contributed by atoms with van der Waals surface area (Å²) in [4.78, 5) is 21.6. The molecule has 1 aromatic heterocycles. The molecule has 0 bridgehead atoms. The normalized spacial score (nSPS) is 11.1. The summed E-state index contributed by atoms with van der Waals surface area (Å²) < 4.78 is 0. The molecule has 1 amide bonds. The van der Waals surface area contributed by atoms with Gasteiger partial charge in [-0.05, 0) is 42.4 Å². The van der Waals surface area contributed by atoms with Gasteiger partial charge in [0.1, 0.15) is 5.69 Å². The third-order valence-electron chi connectivity index (χ3n) is 4.23. The molecule has 0 aliphatic carbocycles. The molecule has 0 saturated carbocycles. The van der Waals surface area contributed by atoms with Crippen molar-refractivity contribution in [3.63, 3.8) is 0 Å². The SMILES string of the molecule is CCCNc1nc(C)cc(C(=O)Nc2c(C(C)C)cccc2C(C)C)n1. The number of amides is 1. The number of aromatic nitrogens is 2. The largest absolute Gasteiger partial charge is 0.354 e. The van der Waals surface area contributed by atoms with Crippen LogP contribution in [0.15, 0.2) is 24.3 Å². The molecule has 2 aromatic rings. The highest BCUT2D eigenvalue weighted by atomic mass is 16.1. The van der Waals surface area contributed by atoms with Crippen LogP contribution >= 0.6 is 0 Å². The number of carbonyl (C=O) groups excluding carboxylic acids is 1. The van der Waals surface area contributed by atoms with Crippen LogP contribution in [-0.2, 0) is 0 Å². The zero-order valence-corrected chi connectivity index (χ0v) is 16.7. The lowest BCUT2D eigenvalue weighted by Crippen LogP contribution is -2.19. The molecule has 2 rings (SSSR count). The first-order chi connectivity index (χ1) is 12.3. The number of nitrogens with zero attached hydrogens (tertiary/aromatic N) is 2. The third-order valence-corrected chi connectivity index (χ3v) is 4.23. The van der Waals surface area contributed by atoms with E-state index in [1.807, 2.05) is 6.92 Å². The number of aryl methyl sites for hydroxylation is 1. The molecule has 0 saturated heterocycles. The van der Waals surface area contributed by atoms with E-state index in [1.54, 1.807) is 6.07 Å². The maximum Gasteiger partial charge on any atom is 0.274 e. The molecule has 26 heavy (non-hydrogen) atoms. The highest BCUT2D eigenvalue weighted by Gasteiger charge is 2.18. The number of anilines is 2. The first kappa shape index (κ1) is 19.9. The van der Waals surface area contributed by atoms with Crippen LogP contribution in [0.4, 0.5) is 11.6 Å². The van der Waals surface area contributed by atoms with Gasteiger partial charge in [0.05, 0.1) is 0 Å². The number of benzene rings is 1. The summed E-state index contributed by atoms with van der Waals surface area (Å²) in [5.41, 5.74) is 4.33. The minimum Gasteiger partial charge on any atom is -0.354 e. The van der Waals surface area contributed by atoms with Gasteiger partial charge in [0.15, 0.2) is 0 Å². The molecule has 0 atom stereocenters. The molecule has 0 aliphatic heterocycles. The average Bonchev–Trinajstić information content (AvgIpc) is 2.59. The van der Waals surface area contributed by atoms with E-state index in [1.165, 1.54) is 0 Å². The van der Waals surface area contributed by atoms with Crippen molar-refractivity contribution in [3.05, 3.63) is 46.8 Å². The second-order valence-corrected chi connectivity index (χ2v) is 7.22. The number of hydrogen-bond acceptors (Lipinski definition) is 4. The van der Waals surface area contributed by atoms with Gasteiger partial charge in [-0.1, -0.05) is 52.8 Å². The Morgan fingerprint density at radius 2 is 1.69 bits per heavy atom. The summed E-state index contributed by atoms with van der Waals surface area (Å²) in [6, 6.07) is 7.93. The zero-order valence-electron chi connectivity index (χ0n) is 16.7. The Morgan fingerprint density at radius 1 is 1.08 bits per heavy atom. The Hall–Kier alpha value is -2.43. The fraction of sp³-hybridized carbons (Fsp3) is 0.476. The zero-order chi connectivity index (χ0) is 19.3. The van der Waals surface area contributed by atoms with E-state index in [9.17, 15) is 4.79 Å². The summed E-state index contributed by atoms with van der Waals surface area (Å²) in [6.07, 6.45) is 0.971. The van der Waals surface area contributed by atoms with Crippen LogP contribution in [0.25, 0.3) is 0 Å². The Kier molecular flexibility index (Phi) is 6.72. The minimum absolute atomic E-state index is 0.204. The number of rotatable bonds is 7. The minimum atomic E-state index is -0.204. The van der Waals surface area contributed by atoms with Gasteiger partial charge < -0.3 is 10.6 Å². The highest BCUT2D eigenvalue weighted by molar-refractivity contribution is 6.04. The molecular formula is C21H30N4O. The van der Waals surface area contributed by atoms with E-state index in [4.69, 9.17) is 0 Å². The summed E-state index contributed by atoms with van der Waals surface area (Å²) in [7, 11) is 0. The third kappa shape index (κ3) is 4.81. The van der Waals surface area contributed by atoms with Crippen LogP contribution in [0.1, 0.15) is 80.2 Å². The van der Waals surface area contributed by atoms with Gasteiger partial charge in [-0.15, -0.1) is 0 Å². The molecule has 0 radical (unpaired) electrons. The summed E-state index contributed by atoms with van der Waals surface area (Å²) in [5, 5.41) is 6.26. The highest BCUT2D eigenvalue weighted by Crippen LogP contribution is 2.32. The van der Waals surface area contributed by atoms with Crippen molar-refractivity contribution in [2.45, 2.75) is 59.8 Å². The standard InChI is InChI=1S/C21H30N4O/c1-7-11-22-21-23-15(6)12-18(24-21)20(26)25-19-16(13(2)3)9-8-10-17(19)14(4)5/h8-10,12-14H,7,11H2,1-6H3,(H,25,26)(H,22,23,24). The maximum atomic E-state index is 12.9. The lowest BCUT2D eigenvalue weighted by molar-refractivity contribution is 0.102. The average molecular weight is 354 g/mol. The van der Waals surface area contributed by atoms with Crippen molar-refractivity contribution >= 4 is 17.5 Å². The monoisotopic (exact) mass is 354 g/mol. The Labute approximate surface area is 156 Å². The molecule has 1 aromatic carbocycles. The van der Waals surface area contributed by atoms with E-state index in [2.05, 4.69) is 73.4 Å². The second kappa shape index (κ2) is 8.79. The number of para-hydroxylation sites is 1. The Bertz CT molecular complexity index is 742. The van der Waals surface area contributed by atoms with Crippen LogP contribution in [0.3, 0.4) is 0 Å². The van der Waals surface area contributed by atoms with Crippen LogP contribution in [-0.4, -0.2) is 22.4 Å². The predicted octanol–water partition coefficient (Wildman–Crippen LogP) is 5.11. The van der Waals surface area contributed by atoms with Gasteiger partial charge in [0, 0.05) is 17.9 Å². The van der Waals surface area contributed by atoms with Crippen molar-refractivity contribution in [3.8, 4) is 0 Å². The van der Waals surface area contributed by atoms with Crippen molar-refractivity contribution in [2.75, 3.05) is 17.2 Å². The van der Waals surface area contributed by atoms with Crippen LogP contribution in [0.2, 0.25) is 0 Å². The van der Waals surface area contributed by atoms with Crippen LogP contribution in [0.5, 0.6) is 0 Å². The van der Waals surface area contributed by atoms with E-state index in [0.717, 1.165) is 35.5 Å². The maximum absolute atomic E-state index is 12.9. The van der Waals surface area contributed by atoms with Gasteiger partial charge in [0.2, 0.25) is 5.95 Å². The smallest absolute Gasteiger partial charge is 0.274 e. The number of carbonyl (C=O) groups is 1. The van der Waals surface area contributed by atoms with Crippen LogP contribution < -0.4 is 10.6 Å². The molecule has 5 heteroatoms. The van der Waals surface area contributed by atoms with E-state index in [-0.39, 0.29) is 5.91 Å². The molecular weight excluding hydrogens is 324 g/mol. The van der Waals surface area contributed by atoms with Crippen LogP contribution in [0, 0.1) is 6.92 Å². The van der Waals surface area contributed by atoms with Gasteiger partial charge in [-0.3, -0.25) is 4.79 Å². The van der Waals surface area contributed by atoms with Crippen molar-refractivity contribution in [2.24, 2.45) is 0 Å². The molecule has 0 aliphatic rings. The molecule has 2 N–H and O–H groups in total. The van der Waals surface area contributed by atoms with Gasteiger partial charge >= 0.3 is 0 Å². The Morgan fingerprint density at radius 3 is 2.23 bits per heavy atom. The molecule has 0 spiro atoms. The van der Waals surface area contributed by atoms with Gasteiger partial charge in [-0.25, -0.2) is 9.97 Å². The quantitative estimate of drug-likeness (QED) is 0.725. The molecule has 0 fully saturated rings. The summed E-state index contributed by atoms with van der Waals surface area (Å²) in [5.74, 6) is 0.930. The second-order valence-electron chi connectivity index (χ2n) is 7.22. The Balaban J connectivity index is 2.37. The fourth-order valence-electron chi connectivity index (χ4n) is 2.87. The van der Waals surface area contributed by atoms with E-state index >= 15 is 0 Å². The summed E-state index contributed by atoms with van der Waals surface area (Å²) >= 11 is 0. The number of hydrogen-bond donors (Lipinski definition) is 2. The number of nitrogens with one attached hydrogen (secondary N) is 2. The first-order valence-electron chi connectivity index (χ1n) is 9.37. The lowest BCUT2D eigenvalue weighted by Gasteiger charge is -2.20. The lowest BCUT2D eigenvalue weighted by atomic mass is 9.92. The van der Waals surface area contributed by atoms with E-state index in [0.29, 0.717) is 23.5 Å².